The van der Waals surface area contributed by atoms with Crippen LogP contribution in [0.25, 0.3) is 10.9 Å². The average molecular weight is 362 g/mol. The van der Waals surface area contributed by atoms with Crippen molar-refractivity contribution in [2.75, 3.05) is 20.1 Å². The van der Waals surface area contributed by atoms with Gasteiger partial charge in [-0.2, -0.15) is 0 Å². The molecular weight excluding hydrogens is 336 g/mol. The Balaban J connectivity index is 1.66. The molecule has 2 atom stereocenters. The molecule has 0 aliphatic carbocycles. The molecule has 1 aromatic heterocycles. The lowest BCUT2D eigenvalue weighted by molar-refractivity contribution is 0.0697. The summed E-state index contributed by atoms with van der Waals surface area (Å²) in [7, 11) is 2.17. The summed E-state index contributed by atoms with van der Waals surface area (Å²) >= 11 is 0. The summed E-state index contributed by atoms with van der Waals surface area (Å²) in [6.45, 7) is 6.44. The monoisotopic (exact) mass is 362 g/mol. The first-order chi connectivity index (χ1) is 12.9. The summed E-state index contributed by atoms with van der Waals surface area (Å²) < 4.78 is 0. The van der Waals surface area contributed by atoms with Gasteiger partial charge in [-0.15, -0.1) is 0 Å². The first-order valence-corrected chi connectivity index (χ1v) is 9.52. The molecule has 2 aromatic carbocycles. The van der Waals surface area contributed by atoms with E-state index in [1.165, 1.54) is 33.2 Å². The van der Waals surface area contributed by atoms with E-state index < -0.39 is 5.97 Å². The molecule has 1 saturated heterocycles. The van der Waals surface area contributed by atoms with Crippen LogP contribution in [0.2, 0.25) is 0 Å². The molecule has 4 heteroatoms. The highest BCUT2D eigenvalue weighted by atomic mass is 16.4. The van der Waals surface area contributed by atoms with Crippen LogP contribution in [0.4, 0.5) is 0 Å². The number of likely N-dealkylation sites (N-methyl/N-ethyl adjacent to an activating group) is 1. The number of rotatable bonds is 4. The Kier molecular flexibility index (Phi) is 4.52. The van der Waals surface area contributed by atoms with Crippen LogP contribution < -0.4 is 0 Å². The number of H-pyrrole nitrogens is 1. The zero-order valence-electron chi connectivity index (χ0n) is 16.1. The number of likely N-dealkylation sites (tertiary alicyclic amines) is 1. The molecular formula is C23H26N2O2. The minimum Gasteiger partial charge on any atom is -0.478 e. The molecule has 0 unspecified atom stereocenters. The number of hydrogen-bond acceptors (Lipinski definition) is 2. The number of aryl methyl sites for hydroxylation is 2. The van der Waals surface area contributed by atoms with Crippen molar-refractivity contribution in [3.8, 4) is 0 Å². The van der Waals surface area contributed by atoms with Gasteiger partial charge in [0.15, 0.2) is 0 Å². The SMILES string of the molecule is Cc1cc(C)c2[nH]ccc2c1C[C@@H]1CN(C)C[C@H]1c1ccc(C(=O)O)cc1. The minimum atomic E-state index is -0.869. The fourth-order valence-electron chi connectivity index (χ4n) is 4.72. The van der Waals surface area contributed by atoms with E-state index in [1.54, 1.807) is 12.1 Å². The fraction of sp³-hybridized carbons (Fsp3) is 0.348. The van der Waals surface area contributed by atoms with Gasteiger partial charge >= 0.3 is 5.97 Å². The number of carboxylic acids is 1. The molecule has 0 spiro atoms. The number of carboxylic acid groups (broad SMARTS) is 1. The first-order valence-electron chi connectivity index (χ1n) is 9.52. The summed E-state index contributed by atoms with van der Waals surface area (Å²) in [5.74, 6) is 0.0736. The number of hydrogen-bond donors (Lipinski definition) is 2. The van der Waals surface area contributed by atoms with Crippen molar-refractivity contribution < 1.29 is 9.90 Å². The fourth-order valence-corrected chi connectivity index (χ4v) is 4.72. The maximum Gasteiger partial charge on any atom is 0.335 e. The van der Waals surface area contributed by atoms with Crippen molar-refractivity contribution in [3.05, 3.63) is 70.4 Å². The van der Waals surface area contributed by atoms with E-state index in [9.17, 15) is 4.79 Å². The highest BCUT2D eigenvalue weighted by Crippen LogP contribution is 2.37. The highest BCUT2D eigenvalue weighted by Gasteiger charge is 2.32. The average Bonchev–Trinajstić information content (AvgIpc) is 3.25. The van der Waals surface area contributed by atoms with Crippen LogP contribution in [0.3, 0.4) is 0 Å². The number of benzene rings is 2. The molecule has 0 saturated carbocycles. The molecule has 27 heavy (non-hydrogen) atoms. The van der Waals surface area contributed by atoms with Crippen LogP contribution >= 0.6 is 0 Å². The van der Waals surface area contributed by atoms with Gasteiger partial charge in [0, 0.05) is 36.1 Å². The standard InChI is InChI=1S/C23H26N2O2/c1-14-10-15(2)22-19(8-9-24-22)20(14)11-18-12-25(3)13-21(18)16-4-6-17(7-5-16)23(26)27/h4-10,18,21,24H,11-13H2,1-3H3,(H,26,27)/t18-,21+/m1/s1. The Bertz CT molecular complexity index is 988. The van der Waals surface area contributed by atoms with Crippen molar-refractivity contribution in [2.45, 2.75) is 26.2 Å². The van der Waals surface area contributed by atoms with E-state index >= 15 is 0 Å². The molecule has 2 heterocycles. The molecule has 4 nitrogen and oxygen atoms in total. The molecule has 0 bridgehead atoms. The van der Waals surface area contributed by atoms with E-state index in [4.69, 9.17) is 5.11 Å². The number of aromatic nitrogens is 1. The second kappa shape index (κ2) is 6.86. The largest absolute Gasteiger partial charge is 0.478 e. The lowest BCUT2D eigenvalue weighted by Gasteiger charge is -2.21. The summed E-state index contributed by atoms with van der Waals surface area (Å²) in [5.41, 5.74) is 6.91. The Morgan fingerprint density at radius 3 is 2.59 bits per heavy atom. The van der Waals surface area contributed by atoms with E-state index in [2.05, 4.69) is 42.9 Å². The number of fused-ring (bicyclic) bond motifs is 1. The summed E-state index contributed by atoms with van der Waals surface area (Å²) in [6.07, 6.45) is 3.07. The third-order valence-electron chi connectivity index (χ3n) is 6.05. The third kappa shape index (κ3) is 3.26. The zero-order valence-corrected chi connectivity index (χ0v) is 16.1. The second-order valence-corrected chi connectivity index (χ2v) is 7.97. The van der Waals surface area contributed by atoms with Gasteiger partial charge in [0.05, 0.1) is 5.56 Å². The van der Waals surface area contributed by atoms with Crippen molar-refractivity contribution in [1.82, 2.24) is 9.88 Å². The summed E-state index contributed by atoms with van der Waals surface area (Å²) in [5, 5.41) is 10.5. The number of carbonyl (C=O) groups is 1. The lowest BCUT2D eigenvalue weighted by atomic mass is 9.82. The smallest absolute Gasteiger partial charge is 0.335 e. The number of aromatic carboxylic acids is 1. The van der Waals surface area contributed by atoms with Gasteiger partial charge in [0.2, 0.25) is 0 Å². The molecule has 4 rings (SSSR count). The predicted octanol–water partition coefficient (Wildman–Crippen LogP) is 4.37. The summed E-state index contributed by atoms with van der Waals surface area (Å²) in [4.78, 5) is 16.9. The van der Waals surface area contributed by atoms with Crippen LogP contribution in [-0.4, -0.2) is 41.1 Å². The number of aromatic amines is 1. The third-order valence-corrected chi connectivity index (χ3v) is 6.05. The molecule has 1 fully saturated rings. The minimum absolute atomic E-state index is 0.352. The topological polar surface area (TPSA) is 56.3 Å². The molecule has 0 amide bonds. The number of nitrogens with one attached hydrogen (secondary N) is 1. The van der Waals surface area contributed by atoms with Gasteiger partial charge in [0.25, 0.3) is 0 Å². The maximum absolute atomic E-state index is 11.1. The van der Waals surface area contributed by atoms with Gasteiger partial charge in [-0.1, -0.05) is 18.2 Å². The Labute approximate surface area is 159 Å². The molecule has 2 N–H and O–H groups in total. The van der Waals surface area contributed by atoms with Crippen LogP contribution in [0.15, 0.2) is 42.6 Å². The Morgan fingerprint density at radius 1 is 1.15 bits per heavy atom. The highest BCUT2D eigenvalue weighted by molar-refractivity contribution is 5.88. The van der Waals surface area contributed by atoms with E-state index in [1.807, 2.05) is 18.3 Å². The van der Waals surface area contributed by atoms with E-state index in [-0.39, 0.29) is 0 Å². The van der Waals surface area contributed by atoms with Gasteiger partial charge in [-0.05, 0) is 73.7 Å². The van der Waals surface area contributed by atoms with E-state index in [0.29, 0.717) is 17.4 Å². The molecule has 0 radical (unpaired) electrons. The van der Waals surface area contributed by atoms with Gasteiger partial charge in [-0.3, -0.25) is 0 Å². The Morgan fingerprint density at radius 2 is 1.89 bits per heavy atom. The molecule has 1 aliphatic heterocycles. The normalized spacial score (nSPS) is 20.4. The van der Waals surface area contributed by atoms with Crippen molar-refractivity contribution in [2.24, 2.45) is 5.92 Å². The Hall–Kier alpha value is -2.59. The molecule has 3 aromatic rings. The predicted molar refractivity (Wildman–Crippen MR) is 109 cm³/mol. The summed E-state index contributed by atoms with van der Waals surface area (Å²) in [6, 6.07) is 11.9. The van der Waals surface area contributed by atoms with Gasteiger partial charge in [-0.25, -0.2) is 4.79 Å². The van der Waals surface area contributed by atoms with Crippen molar-refractivity contribution in [1.29, 1.82) is 0 Å². The van der Waals surface area contributed by atoms with Crippen molar-refractivity contribution in [3.63, 3.8) is 0 Å². The van der Waals surface area contributed by atoms with E-state index in [0.717, 1.165) is 19.5 Å². The second-order valence-electron chi connectivity index (χ2n) is 7.97. The lowest BCUT2D eigenvalue weighted by Crippen LogP contribution is -2.16. The van der Waals surface area contributed by atoms with Gasteiger partial charge < -0.3 is 15.0 Å². The van der Waals surface area contributed by atoms with Crippen LogP contribution in [-0.2, 0) is 6.42 Å². The van der Waals surface area contributed by atoms with Crippen LogP contribution in [0.1, 0.15) is 38.5 Å². The first kappa shape index (κ1) is 17.8. The van der Waals surface area contributed by atoms with Crippen LogP contribution in [0, 0.1) is 19.8 Å². The molecule has 140 valence electrons. The van der Waals surface area contributed by atoms with Crippen molar-refractivity contribution >= 4 is 16.9 Å². The quantitative estimate of drug-likeness (QED) is 0.724. The number of nitrogens with zero attached hydrogens (tertiary/aromatic N) is 1. The van der Waals surface area contributed by atoms with Crippen LogP contribution in [0.5, 0.6) is 0 Å². The zero-order chi connectivity index (χ0) is 19.1. The maximum atomic E-state index is 11.1. The van der Waals surface area contributed by atoms with Gasteiger partial charge in [0.1, 0.15) is 0 Å². The molecule has 1 aliphatic rings.